The van der Waals surface area contributed by atoms with Gasteiger partial charge in [-0.05, 0) is 61.1 Å². The first-order chi connectivity index (χ1) is 30.8. The Morgan fingerprint density at radius 3 is 1.40 bits per heavy atom. The topological polar surface area (TPSA) is 128 Å². The van der Waals surface area contributed by atoms with Gasteiger partial charge in [-0.3, -0.25) is 24.0 Å². The van der Waals surface area contributed by atoms with E-state index in [4.69, 9.17) is 0 Å². The van der Waals surface area contributed by atoms with Gasteiger partial charge in [0.05, 0.1) is 17.8 Å². The van der Waals surface area contributed by atoms with E-state index in [0.29, 0.717) is 37.2 Å². The summed E-state index contributed by atoms with van der Waals surface area (Å²) in [6.07, 6.45) is 20.5. The molecule has 2 saturated carbocycles. The van der Waals surface area contributed by atoms with Crippen LogP contribution in [0.5, 0.6) is 0 Å². The standard InChI is InChI=1S/C53H71N5O5/c1-2-3-4-5-6-7-8-9-10-11-12-13-14-21-31-54-49(59)42-30-32-57(35-42)52(62)40-26-28-41(29-27-40)53(63)58-36-45(50(60)55-47-33-43(47)38-22-17-15-18-23-38)46(37-58)51(61)56-48-34-44(48)39-24-19-16-20-25-39/h15-20,22-29,42-48H,2-14,21,30-37H2,1H3,(H,54,59)(H,55,60)(H,56,61)/t42-,43+,44+,45+,46+,47-,48-/m0/s1. The highest BCUT2D eigenvalue weighted by Crippen LogP contribution is 2.42. The molecule has 3 aromatic carbocycles. The maximum Gasteiger partial charge on any atom is 0.253 e. The van der Waals surface area contributed by atoms with Gasteiger partial charge in [0.1, 0.15) is 0 Å². The van der Waals surface area contributed by atoms with Crippen molar-refractivity contribution in [3.8, 4) is 0 Å². The smallest absolute Gasteiger partial charge is 0.253 e. The number of rotatable bonds is 24. The van der Waals surface area contributed by atoms with Crippen LogP contribution < -0.4 is 16.0 Å². The van der Waals surface area contributed by atoms with Crippen molar-refractivity contribution >= 4 is 29.5 Å². The number of nitrogens with zero attached hydrogens (tertiary/aromatic N) is 2. The Balaban J connectivity index is 0.838. The number of carbonyl (C=O) groups is 5. The monoisotopic (exact) mass is 858 g/mol. The minimum Gasteiger partial charge on any atom is -0.356 e. The van der Waals surface area contributed by atoms with Crippen molar-refractivity contribution in [3.63, 3.8) is 0 Å². The summed E-state index contributed by atoms with van der Waals surface area (Å²) < 4.78 is 0. The van der Waals surface area contributed by atoms with Crippen molar-refractivity contribution in [2.24, 2.45) is 17.8 Å². The van der Waals surface area contributed by atoms with E-state index >= 15 is 0 Å². The molecule has 0 radical (unpaired) electrons. The molecule has 3 N–H and O–H groups in total. The molecule has 0 bridgehead atoms. The van der Waals surface area contributed by atoms with Gasteiger partial charge in [-0.1, -0.05) is 151 Å². The molecule has 7 rings (SSSR count). The molecule has 2 heterocycles. The zero-order chi connectivity index (χ0) is 44.0. The Kier molecular flexibility index (Phi) is 16.9. The van der Waals surface area contributed by atoms with Gasteiger partial charge in [0, 0.05) is 67.8 Å². The van der Waals surface area contributed by atoms with Crippen LogP contribution in [0.15, 0.2) is 84.9 Å². The quantitative estimate of drug-likeness (QED) is 0.0777. The minimum atomic E-state index is -0.680. The van der Waals surface area contributed by atoms with Crippen LogP contribution in [0.1, 0.15) is 160 Å². The molecular weight excluding hydrogens is 787 g/mol. The highest BCUT2D eigenvalue weighted by Gasteiger charge is 2.49. The summed E-state index contributed by atoms with van der Waals surface area (Å²) in [5, 5.41) is 9.50. The van der Waals surface area contributed by atoms with Crippen LogP contribution in [0, 0.1) is 17.8 Å². The van der Waals surface area contributed by atoms with E-state index in [1.165, 1.54) is 88.2 Å². The van der Waals surface area contributed by atoms with Gasteiger partial charge < -0.3 is 25.8 Å². The van der Waals surface area contributed by atoms with Crippen LogP contribution in [0.3, 0.4) is 0 Å². The van der Waals surface area contributed by atoms with E-state index in [1.807, 2.05) is 36.4 Å². The van der Waals surface area contributed by atoms with Crippen LogP contribution in [0.4, 0.5) is 0 Å². The molecule has 0 aromatic heterocycles. The highest BCUT2D eigenvalue weighted by molar-refractivity contribution is 5.99. The Bertz CT molecular complexity index is 1880. The molecule has 4 aliphatic rings. The molecule has 338 valence electrons. The van der Waals surface area contributed by atoms with Crippen molar-refractivity contribution in [1.82, 2.24) is 25.8 Å². The second-order valence-corrected chi connectivity index (χ2v) is 18.9. The number of amides is 5. The molecule has 2 aliphatic heterocycles. The second kappa shape index (κ2) is 23.1. The first-order valence-corrected chi connectivity index (χ1v) is 24.5. The second-order valence-electron chi connectivity index (χ2n) is 18.9. The maximum absolute atomic E-state index is 14.0. The molecule has 2 aliphatic carbocycles. The van der Waals surface area contributed by atoms with E-state index in [-0.39, 0.29) is 72.5 Å². The Labute approximate surface area is 375 Å². The third-order valence-electron chi connectivity index (χ3n) is 14.0. The largest absolute Gasteiger partial charge is 0.356 e. The lowest BCUT2D eigenvalue weighted by molar-refractivity contribution is -0.133. The molecular formula is C53H71N5O5. The summed E-state index contributed by atoms with van der Waals surface area (Å²) in [6.45, 7) is 4.10. The Morgan fingerprint density at radius 1 is 0.508 bits per heavy atom. The van der Waals surface area contributed by atoms with Crippen LogP contribution in [-0.4, -0.2) is 84.1 Å². The van der Waals surface area contributed by atoms with Gasteiger partial charge >= 0.3 is 0 Å². The number of likely N-dealkylation sites (tertiary alicyclic amines) is 2. The molecule has 0 unspecified atom stereocenters. The lowest BCUT2D eigenvalue weighted by atomic mass is 9.94. The van der Waals surface area contributed by atoms with Gasteiger partial charge in [0.15, 0.2) is 0 Å². The third-order valence-corrected chi connectivity index (χ3v) is 14.0. The van der Waals surface area contributed by atoms with Crippen molar-refractivity contribution < 1.29 is 24.0 Å². The van der Waals surface area contributed by atoms with Gasteiger partial charge in [-0.25, -0.2) is 0 Å². The highest BCUT2D eigenvalue weighted by atomic mass is 16.2. The summed E-state index contributed by atoms with van der Waals surface area (Å²) >= 11 is 0. The molecule has 10 nitrogen and oxygen atoms in total. The minimum absolute atomic E-state index is 0.00314. The van der Waals surface area contributed by atoms with Crippen LogP contribution in [0.25, 0.3) is 0 Å². The fraction of sp³-hybridized carbons (Fsp3) is 0.566. The molecule has 10 heteroatoms. The van der Waals surface area contributed by atoms with E-state index in [0.717, 1.165) is 25.7 Å². The van der Waals surface area contributed by atoms with Gasteiger partial charge in [-0.2, -0.15) is 0 Å². The average molecular weight is 858 g/mol. The van der Waals surface area contributed by atoms with Crippen molar-refractivity contribution in [2.75, 3.05) is 32.7 Å². The summed E-state index contributed by atoms with van der Waals surface area (Å²) in [7, 11) is 0. The van der Waals surface area contributed by atoms with Gasteiger partial charge in [0.2, 0.25) is 17.7 Å². The van der Waals surface area contributed by atoms with Crippen molar-refractivity contribution in [2.45, 2.75) is 140 Å². The predicted molar refractivity (Wildman–Crippen MR) is 248 cm³/mol. The SMILES string of the molecule is CCCCCCCCCCCCCCCCNC(=O)[C@H]1CCN(C(=O)c2ccc(C(=O)N3C[C@@H](C(=O)N[C@H]4C[C@@H]4c4ccccc4)[C@H](C(=O)N[C@H]4C[C@@H]4c4ccccc4)C3)cc2)C1. The van der Waals surface area contributed by atoms with E-state index in [1.54, 1.807) is 34.1 Å². The number of unbranched alkanes of at least 4 members (excludes halogenated alkanes) is 13. The lowest BCUT2D eigenvalue weighted by Crippen LogP contribution is -2.43. The van der Waals surface area contributed by atoms with Gasteiger partial charge in [-0.15, -0.1) is 0 Å². The zero-order valence-corrected chi connectivity index (χ0v) is 37.6. The van der Waals surface area contributed by atoms with Crippen LogP contribution in [0.2, 0.25) is 0 Å². The average Bonchev–Trinajstić information content (AvgIpc) is 4.14. The van der Waals surface area contributed by atoms with Crippen LogP contribution in [-0.2, 0) is 14.4 Å². The van der Waals surface area contributed by atoms with E-state index in [9.17, 15) is 24.0 Å². The maximum atomic E-state index is 14.0. The summed E-state index contributed by atoms with van der Waals surface area (Å²) in [5.41, 5.74) is 3.22. The molecule has 5 amide bonds. The van der Waals surface area contributed by atoms with E-state index in [2.05, 4.69) is 47.1 Å². The van der Waals surface area contributed by atoms with Crippen molar-refractivity contribution in [1.29, 1.82) is 0 Å². The third kappa shape index (κ3) is 13.0. The zero-order valence-electron chi connectivity index (χ0n) is 37.6. The number of nitrogens with one attached hydrogen (secondary N) is 3. The molecule has 63 heavy (non-hydrogen) atoms. The van der Waals surface area contributed by atoms with Gasteiger partial charge in [0.25, 0.3) is 11.8 Å². The Morgan fingerprint density at radius 2 is 0.937 bits per heavy atom. The molecule has 3 aromatic rings. The normalized spacial score (nSPS) is 23.6. The first-order valence-electron chi connectivity index (χ1n) is 24.5. The number of hydrogen-bond acceptors (Lipinski definition) is 5. The summed E-state index contributed by atoms with van der Waals surface area (Å²) in [4.78, 5) is 71.5. The lowest BCUT2D eigenvalue weighted by Gasteiger charge is -2.18. The molecule has 7 atom stereocenters. The summed E-state index contributed by atoms with van der Waals surface area (Å²) in [6, 6.07) is 26.9. The molecule has 4 fully saturated rings. The van der Waals surface area contributed by atoms with Crippen LogP contribution >= 0.6 is 0 Å². The molecule has 0 spiro atoms. The van der Waals surface area contributed by atoms with E-state index < -0.39 is 11.8 Å². The number of hydrogen-bond donors (Lipinski definition) is 3. The Hall–Kier alpha value is -4.99. The first kappa shape index (κ1) is 46.0. The number of carbonyl (C=O) groups excluding carboxylic acids is 5. The van der Waals surface area contributed by atoms with Crippen molar-refractivity contribution in [3.05, 3.63) is 107 Å². The summed E-state index contributed by atoms with van der Waals surface area (Å²) in [5.74, 6) is -1.90. The number of benzene rings is 3. The fourth-order valence-corrected chi connectivity index (χ4v) is 9.88. The molecule has 2 saturated heterocycles. The fourth-order valence-electron chi connectivity index (χ4n) is 9.88. The predicted octanol–water partition coefficient (Wildman–Crippen LogP) is 8.78.